The van der Waals surface area contributed by atoms with Crippen molar-refractivity contribution in [3.8, 4) is 22.1 Å². The summed E-state index contributed by atoms with van der Waals surface area (Å²) in [5, 5.41) is 6.06. The molecule has 4 rings (SSSR count). The zero-order valence-electron chi connectivity index (χ0n) is 18.0. The number of rotatable bonds is 9. The molecule has 0 saturated carbocycles. The summed E-state index contributed by atoms with van der Waals surface area (Å²) in [4.78, 5) is 21.2. The molecule has 0 unspecified atom stereocenters. The van der Waals surface area contributed by atoms with Crippen LogP contribution in [0.4, 0.5) is 0 Å². The van der Waals surface area contributed by atoms with Crippen molar-refractivity contribution in [2.24, 2.45) is 0 Å². The van der Waals surface area contributed by atoms with E-state index in [1.807, 2.05) is 60.7 Å². The number of benzene rings is 2. The second-order valence-corrected chi connectivity index (χ2v) is 8.44. The highest BCUT2D eigenvalue weighted by Crippen LogP contribution is 2.34. The van der Waals surface area contributed by atoms with Crippen LogP contribution < -0.4 is 14.8 Å². The summed E-state index contributed by atoms with van der Waals surface area (Å²) in [6.07, 6.45) is 2.41. The molecular formula is C25H22ClN3O3S. The Morgan fingerprint density at radius 2 is 1.94 bits per heavy atom. The molecule has 33 heavy (non-hydrogen) atoms. The van der Waals surface area contributed by atoms with E-state index in [0.29, 0.717) is 41.8 Å². The maximum atomic E-state index is 12.5. The van der Waals surface area contributed by atoms with Crippen LogP contribution in [0.1, 0.15) is 21.7 Å². The van der Waals surface area contributed by atoms with E-state index in [9.17, 15) is 4.79 Å². The van der Waals surface area contributed by atoms with E-state index < -0.39 is 0 Å². The monoisotopic (exact) mass is 479 g/mol. The number of ether oxygens (including phenoxy) is 2. The summed E-state index contributed by atoms with van der Waals surface area (Å²) < 4.78 is 11.4. The number of carbonyl (C=O) groups is 1. The standard InChI is InChI=1S/C25H22ClN3O3S/c1-31-23-14-18(7-10-22(23)32-15-17-5-8-19(26)9-6-17)25-29-21(16-33-25)24(30)28-13-11-20-4-2-3-12-27-20/h2-10,12,14,16H,11,13,15H2,1H3,(H,28,30). The fourth-order valence-corrected chi connectivity index (χ4v) is 4.04. The molecule has 0 bridgehead atoms. The van der Waals surface area contributed by atoms with Crippen LogP contribution in [0.5, 0.6) is 11.5 Å². The Morgan fingerprint density at radius 1 is 1.09 bits per heavy atom. The molecule has 0 aliphatic carbocycles. The van der Waals surface area contributed by atoms with Crippen molar-refractivity contribution >= 4 is 28.8 Å². The van der Waals surface area contributed by atoms with Gasteiger partial charge in [0.1, 0.15) is 17.3 Å². The van der Waals surface area contributed by atoms with Crippen LogP contribution in [0.15, 0.2) is 72.2 Å². The number of hydrogen-bond donors (Lipinski definition) is 1. The normalized spacial score (nSPS) is 10.6. The molecule has 0 aliphatic rings. The number of nitrogens with one attached hydrogen (secondary N) is 1. The van der Waals surface area contributed by atoms with Crippen LogP contribution >= 0.6 is 22.9 Å². The van der Waals surface area contributed by atoms with Crippen LogP contribution in [0.2, 0.25) is 5.02 Å². The first-order valence-electron chi connectivity index (χ1n) is 10.3. The first-order chi connectivity index (χ1) is 16.1. The molecule has 2 aromatic heterocycles. The number of halogens is 1. The molecular weight excluding hydrogens is 458 g/mol. The minimum absolute atomic E-state index is 0.205. The van der Waals surface area contributed by atoms with Crippen LogP contribution in [0.25, 0.3) is 10.6 Å². The van der Waals surface area contributed by atoms with Gasteiger partial charge in [0.15, 0.2) is 11.5 Å². The smallest absolute Gasteiger partial charge is 0.270 e. The summed E-state index contributed by atoms with van der Waals surface area (Å²) in [6, 6.07) is 18.8. The highest BCUT2D eigenvalue weighted by Gasteiger charge is 2.14. The average Bonchev–Trinajstić information content (AvgIpc) is 3.35. The van der Waals surface area contributed by atoms with Gasteiger partial charge >= 0.3 is 0 Å². The summed E-state index contributed by atoms with van der Waals surface area (Å²) in [5.41, 5.74) is 3.17. The van der Waals surface area contributed by atoms with E-state index in [-0.39, 0.29) is 5.91 Å². The third-order valence-electron chi connectivity index (χ3n) is 4.85. The van der Waals surface area contributed by atoms with Gasteiger partial charge in [-0.2, -0.15) is 0 Å². The van der Waals surface area contributed by atoms with Crippen molar-refractivity contribution < 1.29 is 14.3 Å². The zero-order chi connectivity index (χ0) is 23.0. The third kappa shape index (κ3) is 6.09. The van der Waals surface area contributed by atoms with E-state index >= 15 is 0 Å². The first-order valence-corrected chi connectivity index (χ1v) is 11.6. The number of thiazole rings is 1. The minimum atomic E-state index is -0.205. The molecule has 6 nitrogen and oxygen atoms in total. The highest BCUT2D eigenvalue weighted by molar-refractivity contribution is 7.13. The van der Waals surface area contributed by atoms with Gasteiger partial charge in [-0.05, 0) is 48.0 Å². The van der Waals surface area contributed by atoms with Crippen LogP contribution in [-0.2, 0) is 13.0 Å². The SMILES string of the molecule is COc1cc(-c2nc(C(=O)NCCc3ccccn3)cs2)ccc1OCc1ccc(Cl)cc1. The maximum absolute atomic E-state index is 12.5. The lowest BCUT2D eigenvalue weighted by atomic mass is 10.2. The Balaban J connectivity index is 1.38. The van der Waals surface area contributed by atoms with Crippen LogP contribution in [0, 0.1) is 0 Å². The number of hydrogen-bond acceptors (Lipinski definition) is 6. The van der Waals surface area contributed by atoms with Gasteiger partial charge in [0, 0.05) is 40.8 Å². The lowest BCUT2D eigenvalue weighted by Crippen LogP contribution is -2.26. The van der Waals surface area contributed by atoms with Gasteiger partial charge in [0.05, 0.1) is 7.11 Å². The number of nitrogens with zero attached hydrogens (tertiary/aromatic N) is 2. The lowest BCUT2D eigenvalue weighted by Gasteiger charge is -2.12. The quantitative estimate of drug-likeness (QED) is 0.347. The Bertz CT molecular complexity index is 1210. The molecule has 8 heteroatoms. The second kappa shape index (κ2) is 10.9. The number of methoxy groups -OCH3 is 1. The van der Waals surface area contributed by atoms with Crippen LogP contribution in [-0.4, -0.2) is 29.5 Å². The summed E-state index contributed by atoms with van der Waals surface area (Å²) in [6.45, 7) is 0.892. The minimum Gasteiger partial charge on any atom is -0.493 e. The fourth-order valence-electron chi connectivity index (χ4n) is 3.11. The predicted molar refractivity (Wildman–Crippen MR) is 130 cm³/mol. The molecule has 0 saturated heterocycles. The Morgan fingerprint density at radius 3 is 2.70 bits per heavy atom. The average molecular weight is 480 g/mol. The summed E-state index contributed by atoms with van der Waals surface area (Å²) in [5.74, 6) is 1.02. The topological polar surface area (TPSA) is 73.3 Å². The summed E-state index contributed by atoms with van der Waals surface area (Å²) >= 11 is 7.33. The number of carbonyl (C=O) groups excluding carboxylic acids is 1. The zero-order valence-corrected chi connectivity index (χ0v) is 19.5. The fraction of sp³-hybridized carbons (Fsp3) is 0.160. The van der Waals surface area contributed by atoms with Crippen molar-refractivity contribution in [1.82, 2.24) is 15.3 Å². The van der Waals surface area contributed by atoms with E-state index in [4.69, 9.17) is 21.1 Å². The number of pyridine rings is 1. The van der Waals surface area contributed by atoms with Crippen molar-refractivity contribution in [2.45, 2.75) is 13.0 Å². The highest BCUT2D eigenvalue weighted by atomic mass is 35.5. The molecule has 4 aromatic rings. The Kier molecular flexibility index (Phi) is 7.55. The van der Waals surface area contributed by atoms with Gasteiger partial charge in [0.25, 0.3) is 5.91 Å². The molecule has 1 amide bonds. The van der Waals surface area contributed by atoms with Gasteiger partial charge in [-0.15, -0.1) is 11.3 Å². The van der Waals surface area contributed by atoms with Gasteiger partial charge in [-0.3, -0.25) is 9.78 Å². The molecule has 2 aromatic carbocycles. The molecule has 0 fully saturated rings. The molecule has 0 aliphatic heterocycles. The Hall–Kier alpha value is -3.42. The van der Waals surface area contributed by atoms with Gasteiger partial charge in [-0.1, -0.05) is 29.8 Å². The van der Waals surface area contributed by atoms with E-state index in [2.05, 4.69) is 15.3 Å². The molecule has 0 atom stereocenters. The molecule has 0 radical (unpaired) electrons. The van der Waals surface area contributed by atoms with Crippen molar-refractivity contribution in [3.63, 3.8) is 0 Å². The lowest BCUT2D eigenvalue weighted by molar-refractivity contribution is 0.0950. The van der Waals surface area contributed by atoms with Crippen molar-refractivity contribution in [2.75, 3.05) is 13.7 Å². The van der Waals surface area contributed by atoms with Crippen LogP contribution in [0.3, 0.4) is 0 Å². The van der Waals surface area contributed by atoms with Gasteiger partial charge < -0.3 is 14.8 Å². The third-order valence-corrected chi connectivity index (χ3v) is 5.99. The number of amides is 1. The predicted octanol–water partition coefficient (Wildman–Crippen LogP) is 5.42. The van der Waals surface area contributed by atoms with E-state index in [1.165, 1.54) is 11.3 Å². The summed E-state index contributed by atoms with van der Waals surface area (Å²) in [7, 11) is 1.59. The maximum Gasteiger partial charge on any atom is 0.270 e. The molecule has 0 spiro atoms. The molecule has 168 valence electrons. The second-order valence-electron chi connectivity index (χ2n) is 7.15. The largest absolute Gasteiger partial charge is 0.493 e. The molecule has 1 N–H and O–H groups in total. The van der Waals surface area contributed by atoms with Gasteiger partial charge in [-0.25, -0.2) is 4.98 Å². The molecule has 2 heterocycles. The van der Waals surface area contributed by atoms with E-state index in [0.717, 1.165) is 21.8 Å². The Labute approximate surface area is 201 Å². The number of aromatic nitrogens is 2. The van der Waals surface area contributed by atoms with Crippen molar-refractivity contribution in [3.05, 3.63) is 94.2 Å². The first kappa shape index (κ1) is 22.8. The van der Waals surface area contributed by atoms with Crippen molar-refractivity contribution in [1.29, 1.82) is 0 Å². The van der Waals surface area contributed by atoms with E-state index in [1.54, 1.807) is 18.7 Å². The van der Waals surface area contributed by atoms with Gasteiger partial charge in [0.2, 0.25) is 0 Å².